The average Bonchev–Trinajstić information content (AvgIpc) is 2.27. The van der Waals surface area contributed by atoms with Gasteiger partial charge in [0.25, 0.3) is 0 Å². The van der Waals surface area contributed by atoms with E-state index < -0.39 is 40.2 Å². The van der Waals surface area contributed by atoms with Crippen LogP contribution in [0.3, 0.4) is 0 Å². The topological polar surface area (TPSA) is 0 Å². The van der Waals surface area contributed by atoms with Crippen molar-refractivity contribution in [3.63, 3.8) is 0 Å². The first-order valence-electron chi connectivity index (χ1n) is 4.59. The SMILES string of the molecule is Fc1ccc(F)c(-c2cc(F)cc(F)c2F)c1. The van der Waals surface area contributed by atoms with Crippen molar-refractivity contribution in [2.45, 2.75) is 0 Å². The Labute approximate surface area is 93.3 Å². The van der Waals surface area contributed by atoms with Gasteiger partial charge in [-0.1, -0.05) is 0 Å². The third-order valence-corrected chi connectivity index (χ3v) is 2.21. The van der Waals surface area contributed by atoms with E-state index in [-0.39, 0.29) is 0 Å². The van der Waals surface area contributed by atoms with Crippen molar-refractivity contribution in [1.82, 2.24) is 0 Å². The van der Waals surface area contributed by atoms with Crippen LogP contribution in [0.5, 0.6) is 0 Å². The van der Waals surface area contributed by atoms with Crippen LogP contribution < -0.4 is 0 Å². The van der Waals surface area contributed by atoms with Gasteiger partial charge in [-0.25, -0.2) is 22.0 Å². The number of rotatable bonds is 1. The first kappa shape index (κ1) is 11.6. The third kappa shape index (κ3) is 2.13. The Morgan fingerprint density at radius 2 is 1.24 bits per heavy atom. The molecule has 0 N–H and O–H groups in total. The van der Waals surface area contributed by atoms with Gasteiger partial charge in [0.2, 0.25) is 0 Å². The minimum Gasteiger partial charge on any atom is -0.207 e. The molecule has 0 fully saturated rings. The standard InChI is InChI=1S/C12H5F5/c13-6-1-2-10(15)8(3-6)9-4-7(14)5-11(16)12(9)17/h1-5H. The van der Waals surface area contributed by atoms with E-state index in [0.717, 1.165) is 12.1 Å². The molecular weight excluding hydrogens is 239 g/mol. The molecule has 5 heteroatoms. The average molecular weight is 244 g/mol. The van der Waals surface area contributed by atoms with Gasteiger partial charge in [0, 0.05) is 17.2 Å². The van der Waals surface area contributed by atoms with Crippen LogP contribution in [0.2, 0.25) is 0 Å². The molecule has 0 aromatic heterocycles. The predicted octanol–water partition coefficient (Wildman–Crippen LogP) is 4.05. The van der Waals surface area contributed by atoms with Crippen LogP contribution in [0.15, 0.2) is 30.3 Å². The lowest BCUT2D eigenvalue weighted by atomic mass is 10.0. The summed E-state index contributed by atoms with van der Waals surface area (Å²) in [6.45, 7) is 0. The first-order chi connectivity index (χ1) is 7.99. The molecule has 0 heterocycles. The minimum absolute atomic E-state index is 0.329. The highest BCUT2D eigenvalue weighted by molar-refractivity contribution is 5.65. The summed E-state index contributed by atoms with van der Waals surface area (Å²) in [5.41, 5.74) is -1.18. The van der Waals surface area contributed by atoms with E-state index in [2.05, 4.69) is 0 Å². The number of halogens is 5. The maximum atomic E-state index is 13.3. The van der Waals surface area contributed by atoms with Gasteiger partial charge in [0.05, 0.1) is 0 Å². The fraction of sp³-hybridized carbons (Fsp3) is 0. The van der Waals surface area contributed by atoms with Crippen molar-refractivity contribution in [3.05, 3.63) is 59.4 Å². The summed E-state index contributed by atoms with van der Waals surface area (Å²) in [5.74, 6) is -5.73. The third-order valence-electron chi connectivity index (χ3n) is 2.21. The van der Waals surface area contributed by atoms with Crippen molar-refractivity contribution >= 4 is 0 Å². The predicted molar refractivity (Wildman–Crippen MR) is 51.7 cm³/mol. The van der Waals surface area contributed by atoms with Crippen molar-refractivity contribution < 1.29 is 22.0 Å². The summed E-state index contributed by atoms with van der Waals surface area (Å²) >= 11 is 0. The molecule has 0 aliphatic rings. The highest BCUT2D eigenvalue weighted by Crippen LogP contribution is 2.28. The molecule has 0 saturated heterocycles. The number of hydrogen-bond donors (Lipinski definition) is 0. The maximum Gasteiger partial charge on any atom is 0.166 e. The van der Waals surface area contributed by atoms with Crippen molar-refractivity contribution in [2.75, 3.05) is 0 Å². The van der Waals surface area contributed by atoms with Crippen LogP contribution in [-0.4, -0.2) is 0 Å². The minimum atomic E-state index is -1.45. The van der Waals surface area contributed by atoms with Crippen molar-refractivity contribution in [2.24, 2.45) is 0 Å². The fourth-order valence-electron chi connectivity index (χ4n) is 1.46. The summed E-state index contributed by atoms with van der Waals surface area (Å²) in [7, 11) is 0. The van der Waals surface area contributed by atoms with Crippen LogP contribution in [0.4, 0.5) is 22.0 Å². The lowest BCUT2D eigenvalue weighted by Gasteiger charge is -2.06. The largest absolute Gasteiger partial charge is 0.207 e. The van der Waals surface area contributed by atoms with Crippen LogP contribution in [-0.2, 0) is 0 Å². The molecule has 2 aromatic carbocycles. The highest BCUT2D eigenvalue weighted by atomic mass is 19.2. The highest BCUT2D eigenvalue weighted by Gasteiger charge is 2.16. The van der Waals surface area contributed by atoms with Gasteiger partial charge in [-0.15, -0.1) is 0 Å². The second-order valence-electron chi connectivity index (χ2n) is 3.37. The normalized spacial score (nSPS) is 10.6. The first-order valence-corrected chi connectivity index (χ1v) is 4.59. The van der Waals surface area contributed by atoms with Crippen molar-refractivity contribution in [3.8, 4) is 11.1 Å². The van der Waals surface area contributed by atoms with Crippen LogP contribution in [0, 0.1) is 29.1 Å². The summed E-state index contributed by atoms with van der Waals surface area (Å²) in [5, 5.41) is 0. The van der Waals surface area contributed by atoms with Gasteiger partial charge in [-0.2, -0.15) is 0 Å². The fourth-order valence-corrected chi connectivity index (χ4v) is 1.46. The van der Waals surface area contributed by atoms with Crippen molar-refractivity contribution in [1.29, 1.82) is 0 Å². The Hall–Kier alpha value is -1.91. The van der Waals surface area contributed by atoms with Gasteiger partial charge >= 0.3 is 0 Å². The molecule has 0 saturated carbocycles. The zero-order valence-corrected chi connectivity index (χ0v) is 8.28. The second kappa shape index (κ2) is 4.16. The van der Waals surface area contributed by atoms with Crippen LogP contribution in [0.25, 0.3) is 11.1 Å². The Morgan fingerprint density at radius 3 is 1.94 bits per heavy atom. The van der Waals surface area contributed by atoms with Gasteiger partial charge < -0.3 is 0 Å². The zero-order valence-electron chi connectivity index (χ0n) is 8.28. The van der Waals surface area contributed by atoms with E-state index >= 15 is 0 Å². The molecule has 17 heavy (non-hydrogen) atoms. The molecule has 0 aliphatic heterocycles. The van der Waals surface area contributed by atoms with E-state index in [0.29, 0.717) is 18.2 Å². The van der Waals surface area contributed by atoms with Crippen LogP contribution >= 0.6 is 0 Å². The molecule has 0 unspecified atom stereocenters. The molecule has 88 valence electrons. The molecular formula is C12H5F5. The van der Waals surface area contributed by atoms with Gasteiger partial charge in [-0.05, 0) is 24.3 Å². The van der Waals surface area contributed by atoms with Crippen LogP contribution in [0.1, 0.15) is 0 Å². The smallest absolute Gasteiger partial charge is 0.166 e. The molecule has 2 aromatic rings. The maximum absolute atomic E-state index is 13.3. The lowest BCUT2D eigenvalue weighted by Crippen LogP contribution is -1.95. The Bertz CT molecular complexity index is 577. The summed E-state index contributed by atoms with van der Waals surface area (Å²) in [6, 6.07) is 3.19. The quantitative estimate of drug-likeness (QED) is 0.524. The van der Waals surface area contributed by atoms with Gasteiger partial charge in [0.15, 0.2) is 11.6 Å². The van der Waals surface area contributed by atoms with E-state index in [4.69, 9.17) is 0 Å². The van der Waals surface area contributed by atoms with Gasteiger partial charge in [-0.3, -0.25) is 0 Å². The molecule has 0 amide bonds. The summed E-state index contributed by atoms with van der Waals surface area (Å²) < 4.78 is 65.4. The Balaban J connectivity index is 2.72. The van der Waals surface area contributed by atoms with E-state index in [1.165, 1.54) is 0 Å². The summed E-state index contributed by atoms with van der Waals surface area (Å²) in [6.07, 6.45) is 0. The molecule has 0 radical (unpaired) electrons. The Kier molecular flexibility index (Phi) is 2.83. The molecule has 0 nitrogen and oxygen atoms in total. The van der Waals surface area contributed by atoms with E-state index in [1.807, 2.05) is 0 Å². The Morgan fingerprint density at radius 1 is 0.588 bits per heavy atom. The second-order valence-corrected chi connectivity index (χ2v) is 3.37. The lowest BCUT2D eigenvalue weighted by molar-refractivity contribution is 0.496. The number of hydrogen-bond acceptors (Lipinski definition) is 0. The monoisotopic (exact) mass is 244 g/mol. The summed E-state index contributed by atoms with van der Waals surface area (Å²) in [4.78, 5) is 0. The molecule has 0 bridgehead atoms. The molecule has 0 spiro atoms. The van der Waals surface area contributed by atoms with Gasteiger partial charge in [0.1, 0.15) is 17.5 Å². The zero-order chi connectivity index (χ0) is 12.6. The van der Waals surface area contributed by atoms with E-state index in [1.54, 1.807) is 0 Å². The molecule has 0 atom stereocenters. The van der Waals surface area contributed by atoms with E-state index in [9.17, 15) is 22.0 Å². The number of benzene rings is 2. The molecule has 0 aliphatic carbocycles. The molecule has 2 rings (SSSR count).